The van der Waals surface area contributed by atoms with Crippen molar-refractivity contribution in [1.82, 2.24) is 4.98 Å². The van der Waals surface area contributed by atoms with Gasteiger partial charge in [-0.05, 0) is 59.6 Å². The smallest absolute Gasteiger partial charge is 0.414 e. The van der Waals surface area contributed by atoms with Crippen LogP contribution in [0.15, 0.2) is 12.1 Å². The highest BCUT2D eigenvalue weighted by Crippen LogP contribution is 2.32. The highest BCUT2D eigenvalue weighted by Gasteiger charge is 2.32. The summed E-state index contributed by atoms with van der Waals surface area (Å²) in [6.45, 7) is 13.0. The number of anilines is 2. The van der Waals surface area contributed by atoms with Gasteiger partial charge in [-0.3, -0.25) is 4.79 Å². The number of amides is 2. The molecule has 0 saturated carbocycles. The third-order valence-corrected chi connectivity index (χ3v) is 5.10. The fourth-order valence-corrected chi connectivity index (χ4v) is 4.04. The van der Waals surface area contributed by atoms with Crippen LogP contribution in [0.2, 0.25) is 0 Å². The third kappa shape index (κ3) is 4.04. The summed E-state index contributed by atoms with van der Waals surface area (Å²) < 4.78 is 0. The van der Waals surface area contributed by atoms with E-state index in [1.54, 1.807) is 27.7 Å². The van der Waals surface area contributed by atoms with Crippen LogP contribution in [0.4, 0.5) is 15.6 Å². The van der Waals surface area contributed by atoms with Crippen molar-refractivity contribution in [3.8, 4) is 0 Å². The van der Waals surface area contributed by atoms with E-state index >= 15 is 0 Å². The van der Waals surface area contributed by atoms with Crippen molar-refractivity contribution in [2.75, 3.05) is 10.2 Å². The van der Waals surface area contributed by atoms with Gasteiger partial charge < -0.3 is 10.4 Å². The Balaban J connectivity index is 2.37. The first-order valence-electron chi connectivity index (χ1n) is 8.31. The second-order valence-corrected chi connectivity index (χ2v) is 8.41. The molecule has 0 aliphatic rings. The number of carboxylic acid groups (broad SMARTS) is 1. The minimum Gasteiger partial charge on any atom is -0.465 e. The van der Waals surface area contributed by atoms with Crippen LogP contribution in [0, 0.1) is 27.7 Å². The Morgan fingerprint density at radius 3 is 2.12 bits per heavy atom. The van der Waals surface area contributed by atoms with E-state index in [1.165, 1.54) is 4.90 Å². The molecule has 0 fully saturated rings. The molecule has 2 aromatic rings. The molecule has 0 radical (unpaired) electrons. The molecule has 0 aliphatic heterocycles. The van der Waals surface area contributed by atoms with Gasteiger partial charge in [-0.25, -0.2) is 14.7 Å². The van der Waals surface area contributed by atoms with Gasteiger partial charge in [0.25, 0.3) is 5.91 Å². The molecule has 26 heavy (non-hydrogen) atoms. The summed E-state index contributed by atoms with van der Waals surface area (Å²) in [5, 5.41) is 12.8. The molecule has 1 aromatic heterocycles. The number of aryl methyl sites for hydroxylation is 4. The van der Waals surface area contributed by atoms with Crippen molar-refractivity contribution in [2.45, 2.75) is 54.0 Å². The lowest BCUT2D eigenvalue weighted by molar-refractivity contribution is 0.102. The van der Waals surface area contributed by atoms with Gasteiger partial charge in [-0.2, -0.15) is 0 Å². The number of carbonyl (C=O) groups excluding carboxylic acids is 1. The summed E-state index contributed by atoms with van der Waals surface area (Å²) >= 11 is 1.09. The molecule has 0 atom stereocenters. The summed E-state index contributed by atoms with van der Waals surface area (Å²) in [5.41, 5.74) is 3.74. The average molecular weight is 375 g/mol. The lowest BCUT2D eigenvalue weighted by atomic mass is 10.1. The quantitative estimate of drug-likeness (QED) is 0.798. The van der Waals surface area contributed by atoms with Crippen LogP contribution in [0.25, 0.3) is 0 Å². The Morgan fingerprint density at radius 2 is 1.65 bits per heavy atom. The topological polar surface area (TPSA) is 82.5 Å². The maximum Gasteiger partial charge on any atom is 0.414 e. The number of benzene rings is 1. The molecule has 1 heterocycles. The Hall–Kier alpha value is -2.41. The first-order chi connectivity index (χ1) is 11.9. The van der Waals surface area contributed by atoms with Crippen molar-refractivity contribution in [3.63, 3.8) is 0 Å². The highest BCUT2D eigenvalue weighted by atomic mass is 32.1. The van der Waals surface area contributed by atoms with Gasteiger partial charge in [0.05, 0.1) is 5.69 Å². The lowest BCUT2D eigenvalue weighted by Gasteiger charge is -2.30. The molecule has 0 aliphatic carbocycles. The lowest BCUT2D eigenvalue weighted by Crippen LogP contribution is -2.45. The maximum atomic E-state index is 12.8. The van der Waals surface area contributed by atoms with Gasteiger partial charge in [-0.1, -0.05) is 29.0 Å². The summed E-state index contributed by atoms with van der Waals surface area (Å²) in [5.74, 6) is -0.277. The fraction of sp³-hybridized carbons (Fsp3) is 0.421. The first-order valence-corrected chi connectivity index (χ1v) is 9.13. The van der Waals surface area contributed by atoms with E-state index in [1.807, 2.05) is 32.9 Å². The zero-order valence-electron chi connectivity index (χ0n) is 16.2. The van der Waals surface area contributed by atoms with Gasteiger partial charge in [0.2, 0.25) is 0 Å². The Bertz CT molecular complexity index is 842. The van der Waals surface area contributed by atoms with E-state index in [0.29, 0.717) is 15.7 Å². The molecule has 2 rings (SSSR count). The molecule has 7 heteroatoms. The van der Waals surface area contributed by atoms with Crippen molar-refractivity contribution >= 4 is 34.2 Å². The number of aromatic nitrogens is 1. The molecular formula is C19H25N3O3S. The molecule has 0 saturated heterocycles. The van der Waals surface area contributed by atoms with Crippen molar-refractivity contribution in [1.29, 1.82) is 0 Å². The monoisotopic (exact) mass is 375 g/mol. The molecule has 1 aromatic carbocycles. The van der Waals surface area contributed by atoms with E-state index < -0.39 is 11.6 Å². The minimum atomic E-state index is -1.09. The molecule has 140 valence electrons. The van der Waals surface area contributed by atoms with Gasteiger partial charge in [0.1, 0.15) is 4.88 Å². The fourth-order valence-electron chi connectivity index (χ4n) is 2.89. The highest BCUT2D eigenvalue weighted by molar-refractivity contribution is 7.18. The summed E-state index contributed by atoms with van der Waals surface area (Å²) in [4.78, 5) is 30.3. The second-order valence-electron chi connectivity index (χ2n) is 7.43. The van der Waals surface area contributed by atoms with Gasteiger partial charge in [0.15, 0.2) is 5.13 Å². The molecule has 2 amide bonds. The van der Waals surface area contributed by atoms with Crippen LogP contribution in [0.5, 0.6) is 0 Å². The van der Waals surface area contributed by atoms with E-state index in [0.717, 1.165) is 33.7 Å². The SMILES string of the molecule is Cc1cc(C)c(NC(=O)c2sc(N(C(=O)O)C(C)(C)C)nc2C)c(C)c1. The van der Waals surface area contributed by atoms with E-state index in [2.05, 4.69) is 10.3 Å². The molecule has 2 N–H and O–H groups in total. The summed E-state index contributed by atoms with van der Waals surface area (Å²) in [6, 6.07) is 4.03. The number of thiazole rings is 1. The van der Waals surface area contributed by atoms with Crippen LogP contribution in [-0.2, 0) is 0 Å². The van der Waals surface area contributed by atoms with E-state index in [9.17, 15) is 14.7 Å². The first kappa shape index (κ1) is 19.9. The number of hydrogen-bond donors (Lipinski definition) is 2. The van der Waals surface area contributed by atoms with Crippen molar-refractivity contribution in [2.24, 2.45) is 0 Å². The number of hydrogen-bond acceptors (Lipinski definition) is 4. The summed E-state index contributed by atoms with van der Waals surface area (Å²) in [6.07, 6.45) is -1.09. The standard InChI is InChI=1S/C19H25N3O3S/c1-10-8-11(2)14(12(3)9-10)21-16(23)15-13(4)20-17(26-15)22(18(24)25)19(5,6)7/h8-9H,1-7H3,(H,21,23)(H,24,25). The third-order valence-electron chi connectivity index (χ3n) is 3.96. The van der Waals surface area contributed by atoms with Crippen molar-refractivity contribution in [3.05, 3.63) is 39.4 Å². The average Bonchev–Trinajstić information content (AvgIpc) is 2.81. The largest absolute Gasteiger partial charge is 0.465 e. The predicted molar refractivity (Wildman–Crippen MR) is 106 cm³/mol. The minimum absolute atomic E-state index is 0.277. The van der Waals surface area contributed by atoms with Crippen LogP contribution in [0.3, 0.4) is 0 Å². The van der Waals surface area contributed by atoms with Gasteiger partial charge >= 0.3 is 6.09 Å². The van der Waals surface area contributed by atoms with Crippen LogP contribution in [0.1, 0.15) is 52.8 Å². The van der Waals surface area contributed by atoms with Crippen LogP contribution < -0.4 is 10.2 Å². The number of carbonyl (C=O) groups is 2. The maximum absolute atomic E-state index is 12.8. The Morgan fingerprint density at radius 1 is 1.12 bits per heavy atom. The normalized spacial score (nSPS) is 11.3. The number of nitrogens with one attached hydrogen (secondary N) is 1. The van der Waals surface area contributed by atoms with Gasteiger partial charge in [-0.15, -0.1) is 0 Å². The molecular weight excluding hydrogens is 350 g/mol. The van der Waals surface area contributed by atoms with Crippen LogP contribution >= 0.6 is 11.3 Å². The van der Waals surface area contributed by atoms with Gasteiger partial charge in [0, 0.05) is 11.2 Å². The molecule has 0 unspecified atom stereocenters. The predicted octanol–water partition coefficient (Wildman–Crippen LogP) is 4.91. The zero-order chi connectivity index (χ0) is 19.8. The Kier molecular flexibility index (Phi) is 5.41. The van der Waals surface area contributed by atoms with Crippen molar-refractivity contribution < 1.29 is 14.7 Å². The zero-order valence-corrected chi connectivity index (χ0v) is 17.0. The number of rotatable bonds is 3. The summed E-state index contributed by atoms with van der Waals surface area (Å²) in [7, 11) is 0. The molecule has 0 bridgehead atoms. The Labute approximate surface area is 157 Å². The molecule has 0 spiro atoms. The van der Waals surface area contributed by atoms with E-state index in [-0.39, 0.29) is 5.91 Å². The number of nitrogens with zero attached hydrogens (tertiary/aromatic N) is 2. The second kappa shape index (κ2) is 7.07. The van der Waals surface area contributed by atoms with E-state index in [4.69, 9.17) is 0 Å². The molecule has 6 nitrogen and oxygen atoms in total. The van der Waals surface area contributed by atoms with Crippen LogP contribution in [-0.4, -0.2) is 27.6 Å².